The zero-order valence-corrected chi connectivity index (χ0v) is 17.3. The number of hydrogen-bond acceptors (Lipinski definition) is 3. The van der Waals surface area contributed by atoms with Crippen molar-refractivity contribution in [2.24, 2.45) is 0 Å². The highest BCUT2D eigenvalue weighted by Gasteiger charge is 2.15. The third-order valence-corrected chi connectivity index (χ3v) is 6.06. The van der Waals surface area contributed by atoms with Crippen LogP contribution in [0.25, 0.3) is 5.69 Å². The summed E-state index contributed by atoms with van der Waals surface area (Å²) >= 11 is 5.01. The number of carbonyl (C=O) groups excluding carboxylic acids is 1. The predicted molar refractivity (Wildman–Crippen MR) is 111 cm³/mol. The van der Waals surface area contributed by atoms with Crippen molar-refractivity contribution in [3.05, 3.63) is 70.0 Å². The molecule has 0 spiro atoms. The molecule has 0 bridgehead atoms. The molecule has 1 amide bonds. The average Bonchev–Trinajstić information content (AvgIpc) is 2.90. The first-order chi connectivity index (χ1) is 12.5. The van der Waals surface area contributed by atoms with Crippen LogP contribution < -0.4 is 5.32 Å². The fourth-order valence-electron chi connectivity index (χ4n) is 2.64. The van der Waals surface area contributed by atoms with Gasteiger partial charge in [0.05, 0.1) is 28.5 Å². The molecule has 2 aromatic carbocycles. The quantitative estimate of drug-likeness (QED) is 0.560. The molecule has 26 heavy (non-hydrogen) atoms. The maximum Gasteiger partial charge on any atom is 0.234 e. The fourth-order valence-corrected chi connectivity index (χ4v) is 4.01. The molecule has 0 aliphatic rings. The van der Waals surface area contributed by atoms with Crippen LogP contribution in [0.15, 0.2) is 57.9 Å². The Hall–Kier alpha value is -2.05. The Morgan fingerprint density at radius 1 is 1.12 bits per heavy atom. The second-order valence-electron chi connectivity index (χ2n) is 6.06. The van der Waals surface area contributed by atoms with Crippen LogP contribution in [0.4, 0.5) is 5.69 Å². The van der Waals surface area contributed by atoms with Gasteiger partial charge in [0.25, 0.3) is 0 Å². The molecule has 0 radical (unpaired) electrons. The number of thioether (sulfide) groups is 1. The van der Waals surface area contributed by atoms with Crippen molar-refractivity contribution in [2.75, 3.05) is 11.1 Å². The Labute approximate surface area is 166 Å². The van der Waals surface area contributed by atoms with Gasteiger partial charge < -0.3 is 5.32 Å². The average molecular weight is 430 g/mol. The van der Waals surface area contributed by atoms with Crippen molar-refractivity contribution in [2.45, 2.75) is 25.7 Å². The van der Waals surface area contributed by atoms with Gasteiger partial charge in [-0.3, -0.25) is 4.79 Å². The highest BCUT2D eigenvalue weighted by atomic mass is 79.9. The lowest BCUT2D eigenvalue weighted by atomic mass is 10.2. The van der Waals surface area contributed by atoms with Crippen molar-refractivity contribution in [3.8, 4) is 5.69 Å². The second-order valence-corrected chi connectivity index (χ2v) is 7.93. The number of nitrogens with zero attached hydrogens (tertiary/aromatic N) is 2. The first kappa shape index (κ1) is 18.7. The molecule has 1 N–H and O–H groups in total. The van der Waals surface area contributed by atoms with Gasteiger partial charge in [-0.15, -0.1) is 11.8 Å². The minimum atomic E-state index is -0.0413. The van der Waals surface area contributed by atoms with Crippen molar-refractivity contribution >= 4 is 39.3 Å². The standard InChI is InChI=1S/C20H20BrN3OS/c1-13-8-10-16(11-9-13)24-15(3)20(14(2)23-24)22-19(25)12-26-18-7-5-4-6-17(18)21/h4-11H,12H2,1-3H3,(H,22,25). The summed E-state index contributed by atoms with van der Waals surface area (Å²) in [5.41, 5.74) is 4.70. The van der Waals surface area contributed by atoms with Gasteiger partial charge >= 0.3 is 0 Å². The summed E-state index contributed by atoms with van der Waals surface area (Å²) in [6.07, 6.45) is 0. The molecular formula is C20H20BrN3OS. The maximum atomic E-state index is 12.4. The van der Waals surface area contributed by atoms with E-state index in [4.69, 9.17) is 0 Å². The van der Waals surface area contributed by atoms with E-state index in [1.807, 2.05) is 54.9 Å². The molecule has 0 fully saturated rings. The van der Waals surface area contributed by atoms with E-state index in [1.54, 1.807) is 0 Å². The van der Waals surface area contributed by atoms with Crippen molar-refractivity contribution in [1.29, 1.82) is 0 Å². The molecule has 0 unspecified atom stereocenters. The zero-order chi connectivity index (χ0) is 18.7. The topological polar surface area (TPSA) is 46.9 Å². The zero-order valence-electron chi connectivity index (χ0n) is 14.9. The van der Waals surface area contributed by atoms with E-state index >= 15 is 0 Å². The van der Waals surface area contributed by atoms with Gasteiger partial charge in [-0.05, 0) is 61.0 Å². The minimum Gasteiger partial charge on any atom is -0.322 e. The van der Waals surface area contributed by atoms with Crippen LogP contribution in [-0.2, 0) is 4.79 Å². The van der Waals surface area contributed by atoms with Crippen LogP contribution in [0, 0.1) is 20.8 Å². The van der Waals surface area contributed by atoms with E-state index < -0.39 is 0 Å². The highest BCUT2D eigenvalue weighted by Crippen LogP contribution is 2.28. The largest absolute Gasteiger partial charge is 0.322 e. The van der Waals surface area contributed by atoms with Gasteiger partial charge in [0.1, 0.15) is 0 Å². The minimum absolute atomic E-state index is 0.0413. The molecule has 1 aromatic heterocycles. The Kier molecular flexibility index (Phi) is 5.84. The van der Waals surface area contributed by atoms with E-state index in [9.17, 15) is 4.79 Å². The first-order valence-electron chi connectivity index (χ1n) is 8.26. The number of aromatic nitrogens is 2. The number of aryl methyl sites for hydroxylation is 2. The molecule has 0 atom stereocenters. The molecular weight excluding hydrogens is 410 g/mol. The number of carbonyl (C=O) groups is 1. The van der Waals surface area contributed by atoms with Crippen LogP contribution in [0.5, 0.6) is 0 Å². The molecule has 6 heteroatoms. The number of halogens is 1. The number of anilines is 1. The number of rotatable bonds is 5. The number of hydrogen-bond donors (Lipinski definition) is 1. The number of nitrogens with one attached hydrogen (secondary N) is 1. The molecule has 134 valence electrons. The summed E-state index contributed by atoms with van der Waals surface area (Å²) in [4.78, 5) is 13.5. The molecule has 0 aliphatic carbocycles. The van der Waals surface area contributed by atoms with Gasteiger partial charge in [-0.25, -0.2) is 4.68 Å². The molecule has 4 nitrogen and oxygen atoms in total. The van der Waals surface area contributed by atoms with Gasteiger partial charge in [0.2, 0.25) is 5.91 Å². The van der Waals surface area contributed by atoms with Crippen LogP contribution in [-0.4, -0.2) is 21.4 Å². The third kappa shape index (κ3) is 4.19. The Balaban J connectivity index is 1.72. The number of benzene rings is 2. The van der Waals surface area contributed by atoms with Crippen LogP contribution >= 0.6 is 27.7 Å². The van der Waals surface area contributed by atoms with Crippen molar-refractivity contribution < 1.29 is 4.79 Å². The summed E-state index contributed by atoms with van der Waals surface area (Å²) in [5, 5.41) is 7.59. The lowest BCUT2D eigenvalue weighted by Gasteiger charge is -2.08. The molecule has 0 saturated carbocycles. The first-order valence-corrected chi connectivity index (χ1v) is 10.0. The van der Waals surface area contributed by atoms with E-state index in [2.05, 4.69) is 45.4 Å². The van der Waals surface area contributed by atoms with Gasteiger partial charge in [-0.1, -0.05) is 29.8 Å². The molecule has 1 heterocycles. The normalized spacial score (nSPS) is 10.8. The number of amides is 1. The summed E-state index contributed by atoms with van der Waals surface area (Å²) in [6, 6.07) is 16.1. The van der Waals surface area contributed by atoms with Gasteiger partial charge in [0, 0.05) is 9.37 Å². The molecule has 3 aromatic rings. The van der Waals surface area contributed by atoms with Crippen molar-refractivity contribution in [3.63, 3.8) is 0 Å². The predicted octanol–water partition coefficient (Wildman–Crippen LogP) is 5.29. The lowest BCUT2D eigenvalue weighted by molar-refractivity contribution is -0.113. The SMILES string of the molecule is Cc1ccc(-n2nc(C)c(NC(=O)CSc3ccccc3Br)c2C)cc1. The smallest absolute Gasteiger partial charge is 0.234 e. The summed E-state index contributed by atoms with van der Waals surface area (Å²) in [6.45, 7) is 5.93. The Morgan fingerprint density at radius 2 is 1.81 bits per heavy atom. The molecule has 0 aliphatic heterocycles. The highest BCUT2D eigenvalue weighted by molar-refractivity contribution is 9.10. The summed E-state index contributed by atoms with van der Waals surface area (Å²) in [7, 11) is 0. The van der Waals surface area contributed by atoms with Gasteiger partial charge in [-0.2, -0.15) is 5.10 Å². The monoisotopic (exact) mass is 429 g/mol. The van der Waals surface area contributed by atoms with E-state index in [1.165, 1.54) is 17.3 Å². The molecule has 3 rings (SSSR count). The summed E-state index contributed by atoms with van der Waals surface area (Å²) < 4.78 is 2.86. The van der Waals surface area contributed by atoms with E-state index in [0.717, 1.165) is 32.1 Å². The van der Waals surface area contributed by atoms with Gasteiger partial charge in [0.15, 0.2) is 0 Å². The van der Waals surface area contributed by atoms with Crippen LogP contribution in [0.1, 0.15) is 17.0 Å². The van der Waals surface area contributed by atoms with E-state index in [0.29, 0.717) is 5.75 Å². The van der Waals surface area contributed by atoms with E-state index in [-0.39, 0.29) is 5.91 Å². The third-order valence-electron chi connectivity index (χ3n) is 4.03. The van der Waals surface area contributed by atoms with Crippen LogP contribution in [0.2, 0.25) is 0 Å². The summed E-state index contributed by atoms with van der Waals surface area (Å²) in [5.74, 6) is 0.303. The molecule has 0 saturated heterocycles. The fraction of sp³-hybridized carbons (Fsp3) is 0.200. The lowest BCUT2D eigenvalue weighted by Crippen LogP contribution is -2.15. The Bertz CT molecular complexity index is 935. The Morgan fingerprint density at radius 3 is 2.50 bits per heavy atom. The van der Waals surface area contributed by atoms with Crippen LogP contribution in [0.3, 0.4) is 0 Å². The van der Waals surface area contributed by atoms with Crippen molar-refractivity contribution in [1.82, 2.24) is 9.78 Å². The maximum absolute atomic E-state index is 12.4. The second kappa shape index (κ2) is 8.10.